The lowest BCUT2D eigenvalue weighted by Crippen LogP contribution is -2.45. The second-order valence-electron chi connectivity index (χ2n) is 6.09. The Labute approximate surface area is 139 Å². The Morgan fingerprint density at radius 3 is 3.08 bits per heavy atom. The summed E-state index contributed by atoms with van der Waals surface area (Å²) in [6.07, 6.45) is 2.72. The van der Waals surface area contributed by atoms with Crippen molar-refractivity contribution in [1.29, 1.82) is 0 Å². The molecule has 0 spiro atoms. The minimum absolute atomic E-state index is 0.0101. The Balaban J connectivity index is 1.76. The zero-order valence-corrected chi connectivity index (χ0v) is 13.5. The molecule has 3 rings (SSSR count). The largest absolute Gasteiger partial charge is 0.392 e. The van der Waals surface area contributed by atoms with Crippen molar-refractivity contribution in [1.82, 2.24) is 15.0 Å². The van der Waals surface area contributed by atoms with Crippen molar-refractivity contribution < 1.29 is 14.6 Å². The molecule has 24 heavy (non-hydrogen) atoms. The third-order valence-electron chi connectivity index (χ3n) is 4.34. The Morgan fingerprint density at radius 1 is 1.50 bits per heavy atom. The number of hydrogen-bond donors (Lipinski definition) is 1. The number of nitrogens with zero attached hydrogens (tertiary/aromatic N) is 4. The van der Waals surface area contributed by atoms with Crippen LogP contribution in [0.5, 0.6) is 0 Å². The minimum Gasteiger partial charge on any atom is -0.392 e. The van der Waals surface area contributed by atoms with E-state index < -0.39 is 11.0 Å². The van der Waals surface area contributed by atoms with Gasteiger partial charge in [-0.2, -0.15) is 4.98 Å². The number of piperidine rings is 1. The molecule has 0 aliphatic carbocycles. The van der Waals surface area contributed by atoms with Gasteiger partial charge in [0.1, 0.15) is 0 Å². The zero-order valence-electron chi connectivity index (χ0n) is 13.5. The molecule has 1 aliphatic heterocycles. The number of likely N-dealkylation sites (tertiary alicyclic amines) is 1. The van der Waals surface area contributed by atoms with E-state index in [-0.39, 0.29) is 11.7 Å². The molecule has 0 radical (unpaired) electrons. The average molecular weight is 332 g/mol. The van der Waals surface area contributed by atoms with Crippen molar-refractivity contribution in [3.05, 3.63) is 40.3 Å². The van der Waals surface area contributed by atoms with Gasteiger partial charge in [-0.15, -0.1) is 0 Å². The van der Waals surface area contributed by atoms with E-state index in [0.29, 0.717) is 23.8 Å². The van der Waals surface area contributed by atoms with E-state index in [1.54, 1.807) is 19.1 Å². The zero-order chi connectivity index (χ0) is 17.1. The molecule has 2 aromatic rings. The smallest absolute Gasteiger partial charge is 0.270 e. The highest BCUT2D eigenvalue weighted by Gasteiger charge is 2.27. The van der Waals surface area contributed by atoms with Crippen LogP contribution in [0.25, 0.3) is 11.4 Å². The molecule has 0 amide bonds. The van der Waals surface area contributed by atoms with Gasteiger partial charge in [-0.1, -0.05) is 23.7 Å². The Morgan fingerprint density at radius 2 is 2.33 bits per heavy atom. The average Bonchev–Trinajstić information content (AvgIpc) is 3.04. The molecular weight excluding hydrogens is 312 g/mol. The number of aliphatic hydroxyl groups excluding tert-OH is 1. The van der Waals surface area contributed by atoms with E-state index in [1.807, 2.05) is 0 Å². The molecule has 1 N–H and O–H groups in total. The Hall–Kier alpha value is -2.32. The molecule has 1 aromatic heterocycles. The first-order valence-corrected chi connectivity index (χ1v) is 8.04. The van der Waals surface area contributed by atoms with E-state index >= 15 is 0 Å². The lowest BCUT2D eigenvalue weighted by atomic mass is 9.98. The molecule has 8 heteroatoms. The molecule has 0 saturated carbocycles. The van der Waals surface area contributed by atoms with Gasteiger partial charge in [-0.25, -0.2) is 0 Å². The predicted molar refractivity (Wildman–Crippen MR) is 86.1 cm³/mol. The first-order valence-electron chi connectivity index (χ1n) is 8.04. The lowest BCUT2D eigenvalue weighted by Gasteiger charge is -2.36. The van der Waals surface area contributed by atoms with E-state index in [0.717, 1.165) is 25.8 Å². The van der Waals surface area contributed by atoms with Gasteiger partial charge < -0.3 is 9.63 Å². The number of hydrogen-bond acceptors (Lipinski definition) is 7. The van der Waals surface area contributed by atoms with Gasteiger partial charge in [-0.3, -0.25) is 15.0 Å². The second kappa shape index (κ2) is 7.06. The van der Waals surface area contributed by atoms with Crippen molar-refractivity contribution in [3.63, 3.8) is 0 Å². The van der Waals surface area contributed by atoms with Gasteiger partial charge in [-0.05, 0) is 26.3 Å². The molecule has 1 saturated heterocycles. The third-order valence-corrected chi connectivity index (χ3v) is 4.34. The third kappa shape index (κ3) is 3.60. The quantitative estimate of drug-likeness (QED) is 0.662. The van der Waals surface area contributed by atoms with Gasteiger partial charge in [0.2, 0.25) is 11.7 Å². The summed E-state index contributed by atoms with van der Waals surface area (Å²) in [5.74, 6) is 0.781. The molecule has 0 bridgehead atoms. The van der Waals surface area contributed by atoms with Crippen LogP contribution in [-0.2, 0) is 6.54 Å². The standard InChI is InChI=1S/C16H20N4O4/c1-11(21)14-7-2-3-8-19(14)10-15-17-16(18-24-15)12-5-4-6-13(9-12)20(22)23/h4-6,9,11,14,21H,2-3,7-8,10H2,1H3. The van der Waals surface area contributed by atoms with Crippen molar-refractivity contribution >= 4 is 5.69 Å². The van der Waals surface area contributed by atoms with E-state index in [1.165, 1.54) is 12.1 Å². The first kappa shape index (κ1) is 16.5. The fraction of sp³-hybridized carbons (Fsp3) is 0.500. The van der Waals surface area contributed by atoms with Crippen LogP contribution in [-0.4, -0.2) is 43.8 Å². The molecule has 1 fully saturated rings. The highest BCUT2D eigenvalue weighted by atomic mass is 16.6. The van der Waals surface area contributed by atoms with Crippen molar-refractivity contribution in [2.24, 2.45) is 0 Å². The van der Waals surface area contributed by atoms with Crippen molar-refractivity contribution in [2.75, 3.05) is 6.54 Å². The normalized spacial score (nSPS) is 20.0. The summed E-state index contributed by atoms with van der Waals surface area (Å²) in [5.41, 5.74) is 0.536. The summed E-state index contributed by atoms with van der Waals surface area (Å²) in [6.45, 7) is 3.15. The molecule has 2 unspecified atom stereocenters. The van der Waals surface area contributed by atoms with Crippen LogP contribution in [0, 0.1) is 10.1 Å². The van der Waals surface area contributed by atoms with Crippen LogP contribution in [0.15, 0.2) is 28.8 Å². The maximum atomic E-state index is 10.9. The summed E-state index contributed by atoms with van der Waals surface area (Å²) < 4.78 is 5.30. The molecule has 128 valence electrons. The minimum atomic E-state index is -0.453. The van der Waals surface area contributed by atoms with Crippen LogP contribution in [0.2, 0.25) is 0 Å². The number of nitro groups is 1. The predicted octanol–water partition coefficient (Wildman–Crippen LogP) is 2.38. The topological polar surface area (TPSA) is 106 Å². The summed E-state index contributed by atoms with van der Waals surface area (Å²) >= 11 is 0. The Bertz CT molecular complexity index is 716. The van der Waals surface area contributed by atoms with E-state index in [2.05, 4.69) is 15.0 Å². The number of nitro benzene ring substituents is 1. The van der Waals surface area contributed by atoms with Crippen LogP contribution in [0.3, 0.4) is 0 Å². The van der Waals surface area contributed by atoms with Crippen LogP contribution in [0.4, 0.5) is 5.69 Å². The van der Waals surface area contributed by atoms with Gasteiger partial charge in [0.05, 0.1) is 17.6 Å². The molecular formula is C16H20N4O4. The van der Waals surface area contributed by atoms with Gasteiger partial charge in [0, 0.05) is 23.7 Å². The van der Waals surface area contributed by atoms with E-state index in [9.17, 15) is 15.2 Å². The molecule has 8 nitrogen and oxygen atoms in total. The molecule has 1 aromatic carbocycles. The van der Waals surface area contributed by atoms with Crippen LogP contribution >= 0.6 is 0 Å². The monoisotopic (exact) mass is 332 g/mol. The van der Waals surface area contributed by atoms with Crippen molar-refractivity contribution in [3.8, 4) is 11.4 Å². The fourth-order valence-electron chi connectivity index (χ4n) is 3.13. The SMILES string of the molecule is CC(O)C1CCCCN1Cc1nc(-c2cccc([N+](=O)[O-])c2)no1. The number of rotatable bonds is 5. The number of non-ortho nitro benzene ring substituents is 1. The van der Waals surface area contributed by atoms with Gasteiger partial charge in [0.25, 0.3) is 5.69 Å². The maximum Gasteiger partial charge on any atom is 0.270 e. The number of aliphatic hydroxyl groups is 1. The summed E-state index contributed by atoms with van der Waals surface area (Å²) in [7, 11) is 0. The lowest BCUT2D eigenvalue weighted by molar-refractivity contribution is -0.384. The summed E-state index contributed by atoms with van der Waals surface area (Å²) in [4.78, 5) is 16.9. The van der Waals surface area contributed by atoms with Gasteiger partial charge in [0.15, 0.2) is 0 Å². The van der Waals surface area contributed by atoms with Crippen LogP contribution in [0.1, 0.15) is 32.1 Å². The summed E-state index contributed by atoms with van der Waals surface area (Å²) in [6, 6.07) is 6.24. The highest BCUT2D eigenvalue weighted by Crippen LogP contribution is 2.24. The molecule has 1 aliphatic rings. The number of benzene rings is 1. The maximum absolute atomic E-state index is 10.9. The van der Waals surface area contributed by atoms with Crippen LogP contribution < -0.4 is 0 Å². The molecule has 2 heterocycles. The fourth-order valence-corrected chi connectivity index (χ4v) is 3.13. The van der Waals surface area contributed by atoms with Crippen molar-refractivity contribution in [2.45, 2.75) is 44.9 Å². The van der Waals surface area contributed by atoms with Gasteiger partial charge >= 0.3 is 0 Å². The summed E-state index contributed by atoms with van der Waals surface area (Å²) in [5, 5.41) is 24.7. The Kier molecular flexibility index (Phi) is 4.86. The molecule has 2 atom stereocenters. The van der Waals surface area contributed by atoms with E-state index in [4.69, 9.17) is 4.52 Å². The highest BCUT2D eigenvalue weighted by molar-refractivity contribution is 5.58. The number of aromatic nitrogens is 2. The second-order valence-corrected chi connectivity index (χ2v) is 6.09. The first-order chi connectivity index (χ1) is 11.5.